The van der Waals surface area contributed by atoms with Crippen LogP contribution >= 0.6 is 0 Å². The molecule has 0 saturated carbocycles. The van der Waals surface area contributed by atoms with Crippen molar-refractivity contribution in [3.8, 4) is 0 Å². The van der Waals surface area contributed by atoms with Crippen LogP contribution < -0.4 is 0 Å². The molecular weight excluding hydrogens is 208 g/mol. The predicted octanol–water partition coefficient (Wildman–Crippen LogP) is 4.86. The molecule has 0 bridgehead atoms. The van der Waals surface area contributed by atoms with Gasteiger partial charge in [0.1, 0.15) is 5.58 Å². The van der Waals surface area contributed by atoms with Gasteiger partial charge in [0, 0.05) is 5.39 Å². The largest absolute Gasteiger partial charge is 0.464 e. The fraction of sp³-hybridized carbons (Fsp3) is 0.500. The number of benzene rings is 1. The lowest BCUT2D eigenvalue weighted by Crippen LogP contribution is -2.11. The van der Waals surface area contributed by atoms with Crippen LogP contribution in [0.4, 0.5) is 0 Å². The number of hydrogen-bond donors (Lipinski definition) is 0. The zero-order chi connectivity index (χ0) is 12.6. The van der Waals surface area contributed by atoms with Crippen molar-refractivity contribution in [1.82, 2.24) is 0 Å². The van der Waals surface area contributed by atoms with Gasteiger partial charge >= 0.3 is 0 Å². The van der Waals surface area contributed by atoms with Crippen LogP contribution in [-0.4, -0.2) is 0 Å². The summed E-state index contributed by atoms with van der Waals surface area (Å²) in [4.78, 5) is 0. The SMILES string of the molecule is CCc1coc2c(CC)cc(C(C)(C)C)cc12. The van der Waals surface area contributed by atoms with Crippen molar-refractivity contribution >= 4 is 11.0 Å². The highest BCUT2D eigenvalue weighted by molar-refractivity contribution is 5.85. The van der Waals surface area contributed by atoms with E-state index in [1.54, 1.807) is 0 Å². The fourth-order valence-electron chi connectivity index (χ4n) is 2.23. The monoisotopic (exact) mass is 230 g/mol. The van der Waals surface area contributed by atoms with Crippen LogP contribution in [0.3, 0.4) is 0 Å². The summed E-state index contributed by atoms with van der Waals surface area (Å²) in [7, 11) is 0. The molecule has 0 unspecified atom stereocenters. The molecule has 1 aromatic carbocycles. The molecule has 2 aromatic rings. The van der Waals surface area contributed by atoms with E-state index in [-0.39, 0.29) is 5.41 Å². The molecular formula is C16H22O. The Hall–Kier alpha value is -1.24. The Morgan fingerprint density at radius 1 is 1.00 bits per heavy atom. The Morgan fingerprint density at radius 3 is 2.18 bits per heavy atom. The molecule has 17 heavy (non-hydrogen) atoms. The lowest BCUT2D eigenvalue weighted by molar-refractivity contribution is 0.587. The van der Waals surface area contributed by atoms with E-state index < -0.39 is 0 Å². The summed E-state index contributed by atoms with van der Waals surface area (Å²) >= 11 is 0. The highest BCUT2D eigenvalue weighted by Gasteiger charge is 2.18. The summed E-state index contributed by atoms with van der Waals surface area (Å²) < 4.78 is 5.73. The van der Waals surface area contributed by atoms with E-state index in [0.717, 1.165) is 18.4 Å². The van der Waals surface area contributed by atoms with Crippen molar-refractivity contribution < 1.29 is 4.42 Å². The van der Waals surface area contributed by atoms with Crippen molar-refractivity contribution in [2.45, 2.75) is 52.9 Å². The van der Waals surface area contributed by atoms with Gasteiger partial charge in [-0.25, -0.2) is 0 Å². The molecule has 1 heteroatoms. The van der Waals surface area contributed by atoms with E-state index in [2.05, 4.69) is 46.8 Å². The average molecular weight is 230 g/mol. The van der Waals surface area contributed by atoms with Gasteiger partial charge in [-0.05, 0) is 41.0 Å². The van der Waals surface area contributed by atoms with Gasteiger partial charge in [0.2, 0.25) is 0 Å². The molecule has 0 amide bonds. The molecule has 1 aromatic heterocycles. The summed E-state index contributed by atoms with van der Waals surface area (Å²) in [5, 5.41) is 1.30. The molecule has 0 spiro atoms. The maximum Gasteiger partial charge on any atom is 0.137 e. The smallest absolute Gasteiger partial charge is 0.137 e. The zero-order valence-corrected chi connectivity index (χ0v) is 11.6. The van der Waals surface area contributed by atoms with Gasteiger partial charge in [-0.3, -0.25) is 0 Å². The summed E-state index contributed by atoms with van der Waals surface area (Å²) in [6.07, 6.45) is 3.97. The van der Waals surface area contributed by atoms with Crippen LogP contribution in [0.25, 0.3) is 11.0 Å². The van der Waals surface area contributed by atoms with Gasteiger partial charge in [0.15, 0.2) is 0 Å². The van der Waals surface area contributed by atoms with Crippen molar-refractivity contribution in [2.75, 3.05) is 0 Å². The number of hydrogen-bond acceptors (Lipinski definition) is 1. The molecule has 0 saturated heterocycles. The third-order valence-corrected chi connectivity index (χ3v) is 3.46. The van der Waals surface area contributed by atoms with Gasteiger partial charge in [0.05, 0.1) is 6.26 Å². The molecule has 0 aliphatic rings. The van der Waals surface area contributed by atoms with Crippen LogP contribution in [0.15, 0.2) is 22.8 Å². The molecule has 0 atom stereocenters. The third-order valence-electron chi connectivity index (χ3n) is 3.46. The van der Waals surface area contributed by atoms with E-state index in [4.69, 9.17) is 4.42 Å². The van der Waals surface area contributed by atoms with Gasteiger partial charge < -0.3 is 4.42 Å². The Labute approximate surface area is 104 Å². The Morgan fingerprint density at radius 2 is 1.65 bits per heavy atom. The normalized spacial score (nSPS) is 12.3. The summed E-state index contributed by atoms with van der Waals surface area (Å²) in [6.45, 7) is 11.2. The Kier molecular flexibility index (Phi) is 3.03. The third kappa shape index (κ3) is 2.11. The first-order valence-electron chi connectivity index (χ1n) is 6.50. The number of rotatable bonds is 2. The molecule has 0 radical (unpaired) electrons. The molecule has 1 nitrogen and oxygen atoms in total. The first kappa shape index (κ1) is 12.2. The molecule has 0 fully saturated rings. The molecule has 0 N–H and O–H groups in total. The van der Waals surface area contributed by atoms with E-state index >= 15 is 0 Å². The first-order chi connectivity index (χ1) is 7.97. The second kappa shape index (κ2) is 4.21. The molecule has 92 valence electrons. The summed E-state index contributed by atoms with van der Waals surface area (Å²) in [5.74, 6) is 0. The molecule has 0 aliphatic carbocycles. The Balaban J connectivity index is 2.74. The highest BCUT2D eigenvalue weighted by Crippen LogP contribution is 2.32. The highest BCUT2D eigenvalue weighted by atomic mass is 16.3. The molecule has 2 rings (SSSR count). The van der Waals surface area contributed by atoms with Crippen molar-refractivity contribution in [1.29, 1.82) is 0 Å². The second-order valence-corrected chi connectivity index (χ2v) is 5.73. The number of aryl methyl sites for hydroxylation is 2. The minimum atomic E-state index is 0.195. The van der Waals surface area contributed by atoms with E-state index in [9.17, 15) is 0 Å². The van der Waals surface area contributed by atoms with Crippen molar-refractivity contribution in [2.24, 2.45) is 0 Å². The number of fused-ring (bicyclic) bond motifs is 1. The molecule has 1 heterocycles. The lowest BCUT2D eigenvalue weighted by Gasteiger charge is -2.20. The van der Waals surface area contributed by atoms with E-state index in [1.807, 2.05) is 6.26 Å². The summed E-state index contributed by atoms with van der Waals surface area (Å²) in [6, 6.07) is 4.60. The maximum absolute atomic E-state index is 5.73. The van der Waals surface area contributed by atoms with Crippen LogP contribution in [0.1, 0.15) is 51.3 Å². The van der Waals surface area contributed by atoms with Gasteiger partial charge in [-0.1, -0.05) is 40.7 Å². The lowest BCUT2D eigenvalue weighted by atomic mass is 9.84. The van der Waals surface area contributed by atoms with Crippen LogP contribution in [0.2, 0.25) is 0 Å². The van der Waals surface area contributed by atoms with Crippen LogP contribution in [0, 0.1) is 0 Å². The van der Waals surface area contributed by atoms with Crippen molar-refractivity contribution in [3.63, 3.8) is 0 Å². The van der Waals surface area contributed by atoms with E-state index in [1.165, 1.54) is 22.1 Å². The van der Waals surface area contributed by atoms with Crippen LogP contribution in [-0.2, 0) is 18.3 Å². The van der Waals surface area contributed by atoms with Crippen molar-refractivity contribution in [3.05, 3.63) is 35.1 Å². The second-order valence-electron chi connectivity index (χ2n) is 5.73. The maximum atomic E-state index is 5.73. The first-order valence-corrected chi connectivity index (χ1v) is 6.50. The van der Waals surface area contributed by atoms with Gasteiger partial charge in [-0.15, -0.1) is 0 Å². The molecule has 0 aliphatic heterocycles. The standard InChI is InChI=1S/C16H22O/c1-6-11-8-13(16(3,4)5)9-14-12(7-2)10-17-15(11)14/h8-10H,6-7H2,1-5H3. The number of furan rings is 1. The Bertz CT molecular complexity index is 526. The average Bonchev–Trinajstić information content (AvgIpc) is 2.69. The topological polar surface area (TPSA) is 13.1 Å². The minimum absolute atomic E-state index is 0.195. The minimum Gasteiger partial charge on any atom is -0.464 e. The van der Waals surface area contributed by atoms with Gasteiger partial charge in [0.25, 0.3) is 0 Å². The van der Waals surface area contributed by atoms with Crippen LogP contribution in [0.5, 0.6) is 0 Å². The fourth-order valence-corrected chi connectivity index (χ4v) is 2.23. The summed E-state index contributed by atoms with van der Waals surface area (Å²) in [5.41, 5.74) is 5.32. The van der Waals surface area contributed by atoms with Gasteiger partial charge in [-0.2, -0.15) is 0 Å². The predicted molar refractivity (Wildman–Crippen MR) is 73.7 cm³/mol. The quantitative estimate of drug-likeness (QED) is 0.718. The van der Waals surface area contributed by atoms with E-state index in [0.29, 0.717) is 0 Å². The zero-order valence-electron chi connectivity index (χ0n) is 11.6.